The maximum atomic E-state index is 6.07. The van der Waals surface area contributed by atoms with E-state index in [1.807, 2.05) is 11.8 Å². The van der Waals surface area contributed by atoms with Crippen molar-refractivity contribution in [2.75, 3.05) is 10.7 Å². The van der Waals surface area contributed by atoms with Gasteiger partial charge in [-0.25, -0.2) is 0 Å². The lowest BCUT2D eigenvalue weighted by Gasteiger charge is -2.28. The molecule has 2 aromatic carbocycles. The van der Waals surface area contributed by atoms with Crippen LogP contribution in [0.3, 0.4) is 0 Å². The first-order chi connectivity index (χ1) is 10.3. The van der Waals surface area contributed by atoms with E-state index in [1.54, 1.807) is 0 Å². The minimum Gasteiger partial charge on any atom is -0.338 e. The summed E-state index contributed by atoms with van der Waals surface area (Å²) in [6, 6.07) is 15.7. The minimum atomic E-state index is 0.481. The van der Waals surface area contributed by atoms with E-state index < -0.39 is 0 Å². The van der Waals surface area contributed by atoms with Gasteiger partial charge in [-0.15, -0.1) is 11.8 Å². The maximum Gasteiger partial charge on any atom is 0.0470 e. The summed E-state index contributed by atoms with van der Waals surface area (Å²) < 4.78 is 0. The minimum absolute atomic E-state index is 0.481. The molecule has 1 atom stereocenters. The SMILES string of the molecule is CCSc1cccc(N2c3ccccc3CC2C)c1CN. The van der Waals surface area contributed by atoms with Gasteiger partial charge in [0.1, 0.15) is 0 Å². The summed E-state index contributed by atoms with van der Waals surface area (Å²) in [6.07, 6.45) is 1.10. The van der Waals surface area contributed by atoms with Gasteiger partial charge in [0.25, 0.3) is 0 Å². The molecule has 0 bridgehead atoms. The standard InChI is InChI=1S/C18H22N2S/c1-3-21-18-10-6-9-17(15(18)12-19)20-13(2)11-14-7-4-5-8-16(14)20/h4-10,13H,3,11-12,19H2,1-2H3. The van der Waals surface area contributed by atoms with Crippen LogP contribution in [0.4, 0.5) is 11.4 Å². The van der Waals surface area contributed by atoms with Crippen LogP contribution in [0.1, 0.15) is 25.0 Å². The van der Waals surface area contributed by atoms with Crippen molar-refractivity contribution in [1.82, 2.24) is 0 Å². The number of rotatable bonds is 4. The largest absolute Gasteiger partial charge is 0.338 e. The van der Waals surface area contributed by atoms with E-state index in [-0.39, 0.29) is 0 Å². The number of hydrogen-bond acceptors (Lipinski definition) is 3. The van der Waals surface area contributed by atoms with E-state index in [1.165, 1.54) is 27.4 Å². The summed E-state index contributed by atoms with van der Waals surface area (Å²) in [5, 5.41) is 0. The highest BCUT2D eigenvalue weighted by Gasteiger charge is 2.28. The molecule has 2 aromatic rings. The van der Waals surface area contributed by atoms with Gasteiger partial charge in [-0.2, -0.15) is 0 Å². The molecule has 0 spiro atoms. The van der Waals surface area contributed by atoms with Gasteiger partial charge in [0.05, 0.1) is 0 Å². The van der Waals surface area contributed by atoms with E-state index in [2.05, 4.69) is 61.2 Å². The molecule has 0 saturated carbocycles. The zero-order valence-corrected chi connectivity index (χ0v) is 13.5. The first-order valence-corrected chi connectivity index (χ1v) is 8.56. The summed E-state index contributed by atoms with van der Waals surface area (Å²) >= 11 is 1.88. The van der Waals surface area contributed by atoms with Crippen LogP contribution in [0.2, 0.25) is 0 Å². The molecule has 110 valence electrons. The Kier molecular flexibility index (Phi) is 4.22. The fraction of sp³-hybridized carbons (Fsp3) is 0.333. The molecule has 1 heterocycles. The van der Waals surface area contributed by atoms with E-state index in [9.17, 15) is 0 Å². The zero-order valence-electron chi connectivity index (χ0n) is 12.7. The molecule has 2 N–H and O–H groups in total. The molecule has 21 heavy (non-hydrogen) atoms. The molecule has 0 aliphatic carbocycles. The molecule has 1 aliphatic heterocycles. The summed E-state index contributed by atoms with van der Waals surface area (Å²) in [5.74, 6) is 1.07. The quantitative estimate of drug-likeness (QED) is 0.851. The second-order valence-corrected chi connectivity index (χ2v) is 6.75. The molecule has 0 fully saturated rings. The van der Waals surface area contributed by atoms with Crippen molar-refractivity contribution >= 4 is 23.1 Å². The fourth-order valence-corrected chi connectivity index (χ4v) is 4.06. The predicted octanol–water partition coefficient (Wildman–Crippen LogP) is 4.34. The van der Waals surface area contributed by atoms with Gasteiger partial charge in [0.2, 0.25) is 0 Å². The summed E-state index contributed by atoms with van der Waals surface area (Å²) in [6.45, 7) is 5.06. The monoisotopic (exact) mass is 298 g/mol. The van der Waals surface area contributed by atoms with Crippen LogP contribution < -0.4 is 10.6 Å². The molecule has 0 saturated heterocycles. The van der Waals surface area contributed by atoms with E-state index >= 15 is 0 Å². The Morgan fingerprint density at radius 1 is 1.14 bits per heavy atom. The normalized spacial score (nSPS) is 17.1. The number of hydrogen-bond donors (Lipinski definition) is 1. The van der Waals surface area contributed by atoms with Crippen molar-refractivity contribution in [1.29, 1.82) is 0 Å². The smallest absolute Gasteiger partial charge is 0.0470 e. The Morgan fingerprint density at radius 3 is 2.67 bits per heavy atom. The van der Waals surface area contributed by atoms with Crippen LogP contribution in [0.25, 0.3) is 0 Å². The fourth-order valence-electron chi connectivity index (χ4n) is 3.21. The highest BCUT2D eigenvalue weighted by molar-refractivity contribution is 7.99. The molecule has 1 aliphatic rings. The van der Waals surface area contributed by atoms with Crippen molar-refractivity contribution in [3.05, 3.63) is 53.6 Å². The number of anilines is 2. The third-order valence-electron chi connectivity index (χ3n) is 4.08. The summed E-state index contributed by atoms with van der Waals surface area (Å²) in [5.41, 5.74) is 11.4. The molecule has 1 unspecified atom stereocenters. The number of benzene rings is 2. The van der Waals surface area contributed by atoms with Crippen LogP contribution in [-0.4, -0.2) is 11.8 Å². The Morgan fingerprint density at radius 2 is 1.90 bits per heavy atom. The number of para-hydroxylation sites is 1. The van der Waals surface area contributed by atoms with Gasteiger partial charge in [0, 0.05) is 34.4 Å². The van der Waals surface area contributed by atoms with Gasteiger partial charge in [0.15, 0.2) is 0 Å². The maximum absolute atomic E-state index is 6.07. The first-order valence-electron chi connectivity index (χ1n) is 7.58. The van der Waals surface area contributed by atoms with Gasteiger partial charge >= 0.3 is 0 Å². The van der Waals surface area contributed by atoms with Gasteiger partial charge < -0.3 is 10.6 Å². The van der Waals surface area contributed by atoms with Crippen LogP contribution in [0.15, 0.2) is 47.4 Å². The van der Waals surface area contributed by atoms with Crippen molar-refractivity contribution in [3.8, 4) is 0 Å². The van der Waals surface area contributed by atoms with Crippen molar-refractivity contribution in [2.24, 2.45) is 5.73 Å². The van der Waals surface area contributed by atoms with Crippen LogP contribution in [0.5, 0.6) is 0 Å². The topological polar surface area (TPSA) is 29.3 Å². The van der Waals surface area contributed by atoms with E-state index in [0.717, 1.165) is 12.2 Å². The lowest BCUT2D eigenvalue weighted by atomic mass is 10.1. The Balaban J connectivity index is 2.10. The van der Waals surface area contributed by atoms with Crippen molar-refractivity contribution in [3.63, 3.8) is 0 Å². The van der Waals surface area contributed by atoms with Gasteiger partial charge in [-0.05, 0) is 42.9 Å². The molecule has 2 nitrogen and oxygen atoms in total. The van der Waals surface area contributed by atoms with Crippen LogP contribution >= 0.6 is 11.8 Å². The summed E-state index contributed by atoms with van der Waals surface area (Å²) in [7, 11) is 0. The van der Waals surface area contributed by atoms with Gasteiger partial charge in [-0.1, -0.05) is 31.2 Å². The highest BCUT2D eigenvalue weighted by Crippen LogP contribution is 2.41. The predicted molar refractivity (Wildman–Crippen MR) is 92.5 cm³/mol. The third-order valence-corrected chi connectivity index (χ3v) is 5.06. The second kappa shape index (κ2) is 6.12. The summed E-state index contributed by atoms with van der Waals surface area (Å²) in [4.78, 5) is 3.77. The molecule has 0 amide bonds. The first kappa shape index (κ1) is 14.5. The molecule has 0 aromatic heterocycles. The van der Waals surface area contributed by atoms with Gasteiger partial charge in [-0.3, -0.25) is 0 Å². The van der Waals surface area contributed by atoms with E-state index in [0.29, 0.717) is 12.6 Å². The zero-order chi connectivity index (χ0) is 14.8. The Hall–Kier alpha value is -1.45. The van der Waals surface area contributed by atoms with Crippen LogP contribution in [-0.2, 0) is 13.0 Å². The van der Waals surface area contributed by atoms with Crippen LogP contribution in [0, 0.1) is 0 Å². The molecule has 3 rings (SSSR count). The average molecular weight is 298 g/mol. The number of thioether (sulfide) groups is 1. The van der Waals surface area contributed by atoms with Crippen molar-refractivity contribution < 1.29 is 0 Å². The Bertz CT molecular complexity index is 639. The second-order valence-electron chi connectivity index (χ2n) is 5.44. The number of fused-ring (bicyclic) bond motifs is 1. The Labute approximate surface area is 131 Å². The highest BCUT2D eigenvalue weighted by atomic mass is 32.2. The molecule has 3 heteroatoms. The lowest BCUT2D eigenvalue weighted by molar-refractivity contribution is 0.753. The average Bonchev–Trinajstić information content (AvgIpc) is 2.83. The molecular weight excluding hydrogens is 276 g/mol. The van der Waals surface area contributed by atoms with E-state index in [4.69, 9.17) is 5.73 Å². The number of nitrogens with zero attached hydrogens (tertiary/aromatic N) is 1. The molecule has 0 radical (unpaired) electrons. The third kappa shape index (κ3) is 2.56. The molecular formula is C18H22N2S. The number of nitrogens with two attached hydrogens (primary N) is 1. The van der Waals surface area contributed by atoms with Crippen molar-refractivity contribution in [2.45, 2.75) is 37.8 Å². The lowest BCUT2D eigenvalue weighted by Crippen LogP contribution is -2.25.